The maximum absolute atomic E-state index is 12.8. The first kappa shape index (κ1) is 17.4. The minimum Gasteiger partial charge on any atom is -0.336 e. The van der Waals surface area contributed by atoms with Crippen molar-refractivity contribution in [3.63, 3.8) is 0 Å². The van der Waals surface area contributed by atoms with E-state index in [2.05, 4.69) is 22.4 Å². The fourth-order valence-corrected chi connectivity index (χ4v) is 3.40. The first-order valence-electron chi connectivity index (χ1n) is 8.03. The lowest BCUT2D eigenvalue weighted by atomic mass is 9.95. The van der Waals surface area contributed by atoms with Crippen molar-refractivity contribution in [1.29, 1.82) is 0 Å². The number of benzene rings is 2. The fourth-order valence-electron chi connectivity index (χ4n) is 3.40. The number of aryl methyl sites for hydroxylation is 1. The van der Waals surface area contributed by atoms with Gasteiger partial charge in [0.05, 0.1) is 5.52 Å². The van der Waals surface area contributed by atoms with Crippen molar-refractivity contribution >= 4 is 29.3 Å². The standard InChI is InChI=1S/C18H19N5O.ClH/c1-22-17-8-7-13(9-16(17)20-21-22)18(24)23-10-14(15(19)11-23)12-5-3-2-4-6-12;/h2-9,14-15H,10-11,19H2,1H3;1H/t14-,15+;/m0./s1. The number of nitrogens with zero attached hydrogens (tertiary/aromatic N) is 4. The van der Waals surface area contributed by atoms with Crippen molar-refractivity contribution in [1.82, 2.24) is 19.9 Å². The van der Waals surface area contributed by atoms with Gasteiger partial charge in [0.1, 0.15) is 5.52 Å². The Hall–Kier alpha value is -2.44. The molecule has 2 atom stereocenters. The molecule has 0 aliphatic carbocycles. The molecule has 6 nitrogen and oxygen atoms in total. The van der Waals surface area contributed by atoms with Gasteiger partial charge in [-0.1, -0.05) is 35.5 Å². The number of rotatable bonds is 2. The normalized spacial score (nSPS) is 19.8. The molecule has 130 valence electrons. The fraction of sp³-hybridized carbons (Fsp3) is 0.278. The maximum Gasteiger partial charge on any atom is 0.254 e. The van der Waals surface area contributed by atoms with E-state index in [-0.39, 0.29) is 30.3 Å². The van der Waals surface area contributed by atoms with Crippen LogP contribution < -0.4 is 5.73 Å². The number of aromatic nitrogens is 3. The van der Waals surface area contributed by atoms with Crippen molar-refractivity contribution in [3.05, 3.63) is 59.7 Å². The molecule has 0 saturated carbocycles. The highest BCUT2D eigenvalue weighted by Gasteiger charge is 2.34. The van der Waals surface area contributed by atoms with Gasteiger partial charge in [-0.3, -0.25) is 4.79 Å². The molecule has 2 N–H and O–H groups in total. The Kier molecular flexibility index (Phi) is 4.74. The third-order valence-electron chi connectivity index (χ3n) is 4.74. The predicted octanol–water partition coefficient (Wildman–Crippen LogP) is 1.96. The van der Waals surface area contributed by atoms with Gasteiger partial charge in [0.2, 0.25) is 0 Å². The Morgan fingerprint density at radius 2 is 1.92 bits per heavy atom. The molecule has 4 rings (SSSR count). The number of halogens is 1. The van der Waals surface area contributed by atoms with Gasteiger partial charge < -0.3 is 10.6 Å². The van der Waals surface area contributed by atoms with Crippen LogP contribution in [-0.4, -0.2) is 44.9 Å². The van der Waals surface area contributed by atoms with Gasteiger partial charge in [-0.25, -0.2) is 4.68 Å². The molecule has 25 heavy (non-hydrogen) atoms. The van der Waals surface area contributed by atoms with E-state index < -0.39 is 0 Å². The quantitative estimate of drug-likeness (QED) is 0.760. The predicted molar refractivity (Wildman–Crippen MR) is 98.8 cm³/mol. The van der Waals surface area contributed by atoms with Crippen LogP contribution in [0.2, 0.25) is 0 Å². The number of carbonyl (C=O) groups excluding carboxylic acids is 1. The summed E-state index contributed by atoms with van der Waals surface area (Å²) in [5, 5.41) is 8.06. The summed E-state index contributed by atoms with van der Waals surface area (Å²) >= 11 is 0. The van der Waals surface area contributed by atoms with E-state index in [0.29, 0.717) is 18.7 Å². The van der Waals surface area contributed by atoms with E-state index in [1.165, 1.54) is 5.56 Å². The molecule has 2 heterocycles. The summed E-state index contributed by atoms with van der Waals surface area (Å²) in [6, 6.07) is 15.6. The average Bonchev–Trinajstić information content (AvgIpc) is 3.18. The lowest BCUT2D eigenvalue weighted by Gasteiger charge is -2.16. The van der Waals surface area contributed by atoms with E-state index in [4.69, 9.17) is 5.73 Å². The van der Waals surface area contributed by atoms with Crippen molar-refractivity contribution < 1.29 is 4.79 Å². The number of carbonyl (C=O) groups is 1. The zero-order valence-corrected chi connectivity index (χ0v) is 14.7. The summed E-state index contributed by atoms with van der Waals surface area (Å²) in [4.78, 5) is 14.7. The van der Waals surface area contributed by atoms with Crippen LogP contribution in [0, 0.1) is 0 Å². The molecule has 7 heteroatoms. The molecule has 0 spiro atoms. The van der Waals surface area contributed by atoms with Gasteiger partial charge >= 0.3 is 0 Å². The van der Waals surface area contributed by atoms with Gasteiger partial charge in [-0.2, -0.15) is 0 Å². The monoisotopic (exact) mass is 357 g/mol. The summed E-state index contributed by atoms with van der Waals surface area (Å²) in [6.45, 7) is 1.21. The van der Waals surface area contributed by atoms with Crippen LogP contribution in [0.3, 0.4) is 0 Å². The summed E-state index contributed by atoms with van der Waals surface area (Å²) in [5.74, 6) is 0.173. The smallest absolute Gasteiger partial charge is 0.254 e. The van der Waals surface area contributed by atoms with E-state index >= 15 is 0 Å². The number of hydrogen-bond acceptors (Lipinski definition) is 4. The van der Waals surface area contributed by atoms with Gasteiger partial charge in [0.25, 0.3) is 5.91 Å². The molecule has 1 amide bonds. The van der Waals surface area contributed by atoms with Crippen LogP contribution >= 0.6 is 12.4 Å². The molecule has 0 radical (unpaired) electrons. The zero-order valence-electron chi connectivity index (χ0n) is 13.9. The topological polar surface area (TPSA) is 77.0 Å². The van der Waals surface area contributed by atoms with Crippen LogP contribution in [-0.2, 0) is 7.05 Å². The molecule has 1 aliphatic rings. The minimum atomic E-state index is -0.0448. The van der Waals surface area contributed by atoms with Crippen molar-refractivity contribution in [2.24, 2.45) is 12.8 Å². The molecule has 1 saturated heterocycles. The Labute approximate surface area is 152 Å². The highest BCUT2D eigenvalue weighted by molar-refractivity contribution is 5.97. The lowest BCUT2D eigenvalue weighted by molar-refractivity contribution is 0.0789. The molecule has 1 fully saturated rings. The largest absolute Gasteiger partial charge is 0.336 e. The average molecular weight is 358 g/mol. The SMILES string of the molecule is Cl.Cn1nnc2cc(C(=O)N3C[C@@H](N)[C@H](c4ccccc4)C3)ccc21. The van der Waals surface area contributed by atoms with Crippen LogP contribution in [0.25, 0.3) is 11.0 Å². The zero-order chi connectivity index (χ0) is 16.7. The molecule has 1 aliphatic heterocycles. The molecular weight excluding hydrogens is 338 g/mol. The van der Waals surface area contributed by atoms with Gasteiger partial charge in [-0.05, 0) is 23.8 Å². The third kappa shape index (κ3) is 3.10. The molecule has 0 bridgehead atoms. The summed E-state index contributed by atoms with van der Waals surface area (Å²) in [6.07, 6.45) is 0. The van der Waals surface area contributed by atoms with E-state index in [1.54, 1.807) is 10.7 Å². The highest BCUT2D eigenvalue weighted by atomic mass is 35.5. The van der Waals surface area contributed by atoms with Crippen molar-refractivity contribution in [2.45, 2.75) is 12.0 Å². The summed E-state index contributed by atoms with van der Waals surface area (Å²) in [5.41, 5.74) is 9.74. The Morgan fingerprint density at radius 1 is 1.16 bits per heavy atom. The minimum absolute atomic E-state index is 0. The van der Waals surface area contributed by atoms with Crippen LogP contribution in [0.1, 0.15) is 21.8 Å². The Balaban J connectivity index is 0.00000182. The molecule has 1 aromatic heterocycles. The Morgan fingerprint density at radius 3 is 2.68 bits per heavy atom. The van der Waals surface area contributed by atoms with Crippen LogP contribution in [0.15, 0.2) is 48.5 Å². The first-order valence-corrected chi connectivity index (χ1v) is 8.03. The van der Waals surface area contributed by atoms with Crippen LogP contribution in [0.5, 0.6) is 0 Å². The number of nitrogens with two attached hydrogens (primary N) is 1. The first-order chi connectivity index (χ1) is 11.6. The Bertz CT molecular complexity index is 895. The summed E-state index contributed by atoms with van der Waals surface area (Å²) < 4.78 is 1.70. The number of fused-ring (bicyclic) bond motifs is 1. The summed E-state index contributed by atoms with van der Waals surface area (Å²) in [7, 11) is 1.83. The van der Waals surface area contributed by atoms with Crippen molar-refractivity contribution in [3.8, 4) is 0 Å². The second kappa shape index (κ2) is 6.82. The number of hydrogen-bond donors (Lipinski definition) is 1. The molecule has 2 aromatic carbocycles. The second-order valence-corrected chi connectivity index (χ2v) is 6.31. The van der Waals surface area contributed by atoms with Gasteiger partial charge in [-0.15, -0.1) is 17.5 Å². The number of amides is 1. The number of likely N-dealkylation sites (tertiary alicyclic amines) is 1. The lowest BCUT2D eigenvalue weighted by Crippen LogP contribution is -2.32. The van der Waals surface area contributed by atoms with Crippen LogP contribution in [0.4, 0.5) is 0 Å². The molecule has 3 aromatic rings. The molecule has 0 unspecified atom stereocenters. The second-order valence-electron chi connectivity index (χ2n) is 6.31. The van der Waals surface area contributed by atoms with Crippen molar-refractivity contribution in [2.75, 3.05) is 13.1 Å². The van der Waals surface area contributed by atoms with E-state index in [0.717, 1.165) is 11.0 Å². The third-order valence-corrected chi connectivity index (χ3v) is 4.74. The van der Waals surface area contributed by atoms with E-state index in [1.807, 2.05) is 42.3 Å². The molecular formula is C18H20ClN5O. The highest BCUT2D eigenvalue weighted by Crippen LogP contribution is 2.27. The van der Waals surface area contributed by atoms with Gasteiger partial charge in [0, 0.05) is 37.7 Å². The van der Waals surface area contributed by atoms with E-state index in [9.17, 15) is 4.79 Å². The van der Waals surface area contributed by atoms with Gasteiger partial charge in [0.15, 0.2) is 0 Å². The maximum atomic E-state index is 12.8.